The Morgan fingerprint density at radius 2 is 2.05 bits per heavy atom. The number of hydrogen-bond donors (Lipinski definition) is 1. The molecule has 0 spiro atoms. The molecular formula is C17H29FN2O. The van der Waals surface area contributed by atoms with Crippen LogP contribution in [0.1, 0.15) is 45.2 Å². The van der Waals surface area contributed by atoms with Crippen LogP contribution in [-0.4, -0.2) is 38.2 Å². The number of rotatable bonds is 9. The van der Waals surface area contributed by atoms with Gasteiger partial charge in [0.05, 0.1) is 7.11 Å². The first-order valence-corrected chi connectivity index (χ1v) is 7.81. The molecule has 1 N–H and O–H groups in total. The zero-order valence-corrected chi connectivity index (χ0v) is 13.9. The van der Waals surface area contributed by atoms with E-state index in [4.69, 9.17) is 4.74 Å². The summed E-state index contributed by atoms with van der Waals surface area (Å²) in [5.41, 5.74) is 0.638. The molecule has 0 amide bonds. The summed E-state index contributed by atoms with van der Waals surface area (Å²) in [6.45, 7) is 8.16. The van der Waals surface area contributed by atoms with Gasteiger partial charge in [-0.3, -0.25) is 0 Å². The van der Waals surface area contributed by atoms with E-state index in [9.17, 15) is 4.39 Å². The fourth-order valence-corrected chi connectivity index (χ4v) is 2.49. The Balaban J connectivity index is 2.87. The lowest BCUT2D eigenvalue weighted by molar-refractivity contribution is 0.236. The van der Waals surface area contributed by atoms with Crippen LogP contribution in [0.3, 0.4) is 0 Å². The lowest BCUT2D eigenvalue weighted by Crippen LogP contribution is -2.33. The van der Waals surface area contributed by atoms with E-state index >= 15 is 0 Å². The Bertz CT molecular complexity index is 425. The van der Waals surface area contributed by atoms with Crippen LogP contribution in [0, 0.1) is 5.82 Å². The summed E-state index contributed by atoms with van der Waals surface area (Å²) in [4.78, 5) is 2.32. The van der Waals surface area contributed by atoms with E-state index in [0.29, 0.717) is 17.4 Å². The molecular weight excluding hydrogens is 267 g/mol. The van der Waals surface area contributed by atoms with Crippen molar-refractivity contribution in [1.29, 1.82) is 0 Å². The molecule has 0 aliphatic rings. The van der Waals surface area contributed by atoms with Crippen LogP contribution in [0.4, 0.5) is 4.39 Å². The van der Waals surface area contributed by atoms with Crippen molar-refractivity contribution < 1.29 is 9.13 Å². The second kappa shape index (κ2) is 9.00. The molecule has 0 aromatic heterocycles. The van der Waals surface area contributed by atoms with Crippen molar-refractivity contribution in [1.82, 2.24) is 10.2 Å². The van der Waals surface area contributed by atoms with E-state index in [1.165, 1.54) is 6.07 Å². The molecule has 0 saturated carbocycles. The Morgan fingerprint density at radius 1 is 1.33 bits per heavy atom. The highest BCUT2D eigenvalue weighted by Gasteiger charge is 2.20. The normalized spacial score (nSPS) is 14.2. The van der Waals surface area contributed by atoms with Crippen molar-refractivity contribution in [3.05, 3.63) is 29.6 Å². The van der Waals surface area contributed by atoms with Gasteiger partial charge in [0.1, 0.15) is 11.6 Å². The Labute approximate surface area is 128 Å². The molecule has 0 aliphatic carbocycles. The van der Waals surface area contributed by atoms with E-state index in [2.05, 4.69) is 31.1 Å². The molecule has 0 fully saturated rings. The Hall–Kier alpha value is -1.13. The fraction of sp³-hybridized carbons (Fsp3) is 0.647. The zero-order valence-electron chi connectivity index (χ0n) is 13.9. The topological polar surface area (TPSA) is 24.5 Å². The number of ether oxygens (including phenoxy) is 1. The van der Waals surface area contributed by atoms with E-state index in [0.717, 1.165) is 25.9 Å². The summed E-state index contributed by atoms with van der Waals surface area (Å²) >= 11 is 0. The smallest absolute Gasteiger partial charge is 0.131 e. The third-order valence-corrected chi connectivity index (χ3v) is 4.15. The summed E-state index contributed by atoms with van der Waals surface area (Å²) in [5.74, 6) is 0.415. The second-order valence-electron chi connectivity index (χ2n) is 5.49. The van der Waals surface area contributed by atoms with Gasteiger partial charge in [0.2, 0.25) is 0 Å². The van der Waals surface area contributed by atoms with Crippen LogP contribution in [0.15, 0.2) is 18.2 Å². The third kappa shape index (κ3) is 4.97. The van der Waals surface area contributed by atoms with E-state index in [1.807, 2.05) is 13.0 Å². The van der Waals surface area contributed by atoms with Crippen molar-refractivity contribution in [3.8, 4) is 5.75 Å². The van der Waals surface area contributed by atoms with Crippen molar-refractivity contribution >= 4 is 0 Å². The van der Waals surface area contributed by atoms with Gasteiger partial charge in [-0.25, -0.2) is 4.39 Å². The fourth-order valence-electron chi connectivity index (χ4n) is 2.49. The van der Waals surface area contributed by atoms with Crippen molar-refractivity contribution in [3.63, 3.8) is 0 Å². The first-order valence-electron chi connectivity index (χ1n) is 7.81. The van der Waals surface area contributed by atoms with E-state index in [-0.39, 0.29) is 11.9 Å². The second-order valence-corrected chi connectivity index (χ2v) is 5.49. The molecule has 21 heavy (non-hydrogen) atoms. The highest BCUT2D eigenvalue weighted by atomic mass is 19.1. The molecule has 0 heterocycles. The zero-order chi connectivity index (χ0) is 15.8. The largest absolute Gasteiger partial charge is 0.496 e. The van der Waals surface area contributed by atoms with Crippen molar-refractivity contribution in [2.75, 3.05) is 27.2 Å². The minimum atomic E-state index is -0.202. The molecule has 0 bridgehead atoms. The quantitative estimate of drug-likeness (QED) is 0.753. The molecule has 0 radical (unpaired) electrons. The first kappa shape index (κ1) is 17.9. The summed E-state index contributed by atoms with van der Waals surface area (Å²) in [6, 6.07) is 5.51. The van der Waals surface area contributed by atoms with E-state index in [1.54, 1.807) is 13.2 Å². The van der Waals surface area contributed by atoms with Gasteiger partial charge in [0.15, 0.2) is 0 Å². The van der Waals surface area contributed by atoms with Crippen molar-refractivity contribution in [2.45, 2.75) is 45.7 Å². The Morgan fingerprint density at radius 3 is 2.62 bits per heavy atom. The lowest BCUT2D eigenvalue weighted by atomic mass is 10.0. The predicted molar refractivity (Wildman–Crippen MR) is 86.4 cm³/mol. The third-order valence-electron chi connectivity index (χ3n) is 4.15. The monoisotopic (exact) mass is 296 g/mol. The van der Waals surface area contributed by atoms with Crippen LogP contribution in [0.2, 0.25) is 0 Å². The molecule has 1 aromatic carbocycles. The van der Waals surface area contributed by atoms with Gasteiger partial charge in [-0.15, -0.1) is 0 Å². The molecule has 3 nitrogen and oxygen atoms in total. The van der Waals surface area contributed by atoms with Crippen LogP contribution in [0.5, 0.6) is 5.75 Å². The summed E-state index contributed by atoms with van der Waals surface area (Å²) in [5, 5.41) is 3.38. The van der Waals surface area contributed by atoms with Gasteiger partial charge < -0.3 is 15.0 Å². The van der Waals surface area contributed by atoms with Crippen molar-refractivity contribution in [2.24, 2.45) is 0 Å². The maximum atomic E-state index is 14.2. The van der Waals surface area contributed by atoms with Crippen LogP contribution >= 0.6 is 0 Å². The SMILES string of the molecule is CCNC(CCN(C)C(C)CC)c1c(F)cccc1OC. The number of nitrogens with one attached hydrogen (secondary N) is 1. The van der Waals surface area contributed by atoms with Gasteiger partial charge in [0.25, 0.3) is 0 Å². The predicted octanol–water partition coefficient (Wildman–Crippen LogP) is 3.61. The van der Waals surface area contributed by atoms with Crippen LogP contribution < -0.4 is 10.1 Å². The average Bonchev–Trinajstić information content (AvgIpc) is 2.50. The van der Waals surface area contributed by atoms with E-state index < -0.39 is 0 Å². The average molecular weight is 296 g/mol. The van der Waals surface area contributed by atoms with Crippen LogP contribution in [0.25, 0.3) is 0 Å². The van der Waals surface area contributed by atoms with Gasteiger partial charge in [-0.2, -0.15) is 0 Å². The van der Waals surface area contributed by atoms with Gasteiger partial charge >= 0.3 is 0 Å². The summed E-state index contributed by atoms with van der Waals surface area (Å²) < 4.78 is 19.6. The summed E-state index contributed by atoms with van der Waals surface area (Å²) in [6.07, 6.45) is 1.97. The molecule has 2 unspecified atom stereocenters. The molecule has 1 rings (SSSR count). The number of halogens is 1. The molecule has 2 atom stereocenters. The van der Waals surface area contributed by atoms with Gasteiger partial charge in [-0.1, -0.05) is 19.9 Å². The molecule has 4 heteroatoms. The number of methoxy groups -OCH3 is 1. The maximum absolute atomic E-state index is 14.2. The number of benzene rings is 1. The van der Waals surface area contributed by atoms with Gasteiger partial charge in [-0.05, 0) is 52.0 Å². The molecule has 0 saturated heterocycles. The maximum Gasteiger partial charge on any atom is 0.131 e. The highest BCUT2D eigenvalue weighted by Crippen LogP contribution is 2.30. The minimum Gasteiger partial charge on any atom is -0.496 e. The molecule has 1 aromatic rings. The molecule has 0 aliphatic heterocycles. The minimum absolute atomic E-state index is 0.0299. The highest BCUT2D eigenvalue weighted by molar-refractivity contribution is 5.37. The standard InChI is InChI=1S/C17H29FN2O/c1-6-13(3)20(4)12-11-15(19-7-2)17-14(18)9-8-10-16(17)21-5/h8-10,13,15,19H,6-7,11-12H2,1-5H3. The van der Waals surface area contributed by atoms with Crippen LogP contribution in [-0.2, 0) is 0 Å². The number of nitrogens with zero attached hydrogens (tertiary/aromatic N) is 1. The summed E-state index contributed by atoms with van der Waals surface area (Å²) in [7, 11) is 3.71. The first-order chi connectivity index (χ1) is 10.0. The molecule has 120 valence electrons. The number of hydrogen-bond acceptors (Lipinski definition) is 3. The van der Waals surface area contributed by atoms with Gasteiger partial charge in [0, 0.05) is 17.6 Å². The lowest BCUT2D eigenvalue weighted by Gasteiger charge is -2.27. The Kier molecular flexibility index (Phi) is 7.68.